The van der Waals surface area contributed by atoms with Crippen LogP contribution >= 0.6 is 0 Å². The summed E-state index contributed by atoms with van der Waals surface area (Å²) in [5, 5.41) is 3.72. The van der Waals surface area contributed by atoms with Gasteiger partial charge < -0.3 is 10.1 Å². The van der Waals surface area contributed by atoms with Gasteiger partial charge in [-0.25, -0.2) is 4.39 Å². The molecule has 1 atom stereocenters. The fraction of sp³-hybridized carbons (Fsp3) is 0.667. The van der Waals surface area contributed by atoms with E-state index in [0.29, 0.717) is 18.7 Å². The lowest BCUT2D eigenvalue weighted by atomic mass is 9.96. The van der Waals surface area contributed by atoms with Crippen molar-refractivity contribution in [3.05, 3.63) is 29.6 Å². The minimum absolute atomic E-state index is 0.179. The highest BCUT2D eigenvalue weighted by molar-refractivity contribution is 5.36. The Morgan fingerprint density at radius 2 is 1.91 bits per heavy atom. The van der Waals surface area contributed by atoms with Crippen LogP contribution in [0.15, 0.2) is 18.2 Å². The number of rotatable bonds is 2. The summed E-state index contributed by atoms with van der Waals surface area (Å²) in [6, 6.07) is 5.64. The molecule has 0 saturated carbocycles. The Bertz CT molecular complexity index is 518. The fourth-order valence-corrected chi connectivity index (χ4v) is 3.52. The van der Waals surface area contributed by atoms with Crippen LogP contribution in [0.4, 0.5) is 4.39 Å². The first-order chi connectivity index (χ1) is 10.4. The second-order valence-corrected chi connectivity index (χ2v) is 7.56. The van der Waals surface area contributed by atoms with Gasteiger partial charge in [0.05, 0.1) is 0 Å². The van der Waals surface area contributed by atoms with E-state index in [1.54, 1.807) is 12.1 Å². The molecule has 0 radical (unpaired) electrons. The second-order valence-electron chi connectivity index (χ2n) is 7.56. The highest BCUT2D eigenvalue weighted by Crippen LogP contribution is 2.26. The second kappa shape index (κ2) is 6.17. The van der Waals surface area contributed by atoms with Crippen LogP contribution in [-0.4, -0.2) is 42.2 Å². The van der Waals surface area contributed by atoms with Crippen molar-refractivity contribution < 1.29 is 9.13 Å². The van der Waals surface area contributed by atoms with Gasteiger partial charge >= 0.3 is 0 Å². The van der Waals surface area contributed by atoms with Crippen molar-refractivity contribution >= 4 is 0 Å². The molecule has 2 heterocycles. The van der Waals surface area contributed by atoms with Crippen molar-refractivity contribution in [1.29, 1.82) is 0 Å². The number of hydrogen-bond donors (Lipinski definition) is 1. The standard InChI is InChI=1S/C18H27FN2O/c1-18(2,3)21-8-6-15(7-9-21)20-16-11-13-10-14(19)4-5-17(13)22-12-16/h4-5,10,15-16,20H,6-9,11-12H2,1-3H3. The van der Waals surface area contributed by atoms with Crippen LogP contribution in [0.3, 0.4) is 0 Å². The highest BCUT2D eigenvalue weighted by Gasteiger charge is 2.29. The molecule has 0 aromatic heterocycles. The maximum atomic E-state index is 13.4. The number of halogens is 1. The third kappa shape index (κ3) is 3.61. The number of likely N-dealkylation sites (tertiary alicyclic amines) is 1. The largest absolute Gasteiger partial charge is 0.492 e. The summed E-state index contributed by atoms with van der Waals surface area (Å²) in [6.45, 7) is 9.79. The molecule has 1 aromatic carbocycles. The molecule has 0 spiro atoms. The SMILES string of the molecule is CC(C)(C)N1CCC(NC2COc3ccc(F)cc3C2)CC1. The van der Waals surface area contributed by atoms with Crippen LogP contribution in [-0.2, 0) is 6.42 Å². The van der Waals surface area contributed by atoms with Crippen LogP contribution < -0.4 is 10.1 Å². The highest BCUT2D eigenvalue weighted by atomic mass is 19.1. The van der Waals surface area contributed by atoms with Crippen molar-refractivity contribution in [1.82, 2.24) is 10.2 Å². The van der Waals surface area contributed by atoms with Crippen LogP contribution in [0, 0.1) is 5.82 Å². The Morgan fingerprint density at radius 3 is 2.59 bits per heavy atom. The molecule has 0 amide bonds. The molecule has 0 bridgehead atoms. The molecule has 1 saturated heterocycles. The van der Waals surface area contributed by atoms with Crippen molar-refractivity contribution in [2.45, 2.75) is 57.7 Å². The van der Waals surface area contributed by atoms with E-state index in [2.05, 4.69) is 31.0 Å². The molecule has 3 rings (SSSR count). The van der Waals surface area contributed by atoms with E-state index in [1.807, 2.05) is 0 Å². The minimum atomic E-state index is -0.179. The number of ether oxygens (including phenoxy) is 1. The van der Waals surface area contributed by atoms with E-state index >= 15 is 0 Å². The van der Waals surface area contributed by atoms with Gasteiger partial charge in [-0.2, -0.15) is 0 Å². The van der Waals surface area contributed by atoms with E-state index in [-0.39, 0.29) is 11.4 Å². The van der Waals surface area contributed by atoms with Crippen molar-refractivity contribution in [2.75, 3.05) is 19.7 Å². The van der Waals surface area contributed by atoms with Crippen molar-refractivity contribution in [3.8, 4) is 5.75 Å². The minimum Gasteiger partial charge on any atom is -0.492 e. The quantitative estimate of drug-likeness (QED) is 0.909. The van der Waals surface area contributed by atoms with Gasteiger partial charge in [-0.1, -0.05) is 0 Å². The average Bonchev–Trinajstić information content (AvgIpc) is 2.46. The number of benzene rings is 1. The lowest BCUT2D eigenvalue weighted by Crippen LogP contribution is -2.53. The summed E-state index contributed by atoms with van der Waals surface area (Å²) in [5.41, 5.74) is 1.24. The third-order valence-electron chi connectivity index (χ3n) is 4.84. The Labute approximate surface area is 132 Å². The topological polar surface area (TPSA) is 24.5 Å². The van der Waals surface area contributed by atoms with E-state index in [9.17, 15) is 4.39 Å². The zero-order valence-corrected chi connectivity index (χ0v) is 13.9. The Hall–Kier alpha value is -1.13. The summed E-state index contributed by atoms with van der Waals surface area (Å²) < 4.78 is 19.1. The molecule has 1 unspecified atom stereocenters. The van der Waals surface area contributed by atoms with Crippen LogP contribution in [0.25, 0.3) is 0 Å². The zero-order chi connectivity index (χ0) is 15.7. The first kappa shape index (κ1) is 15.8. The van der Waals surface area contributed by atoms with Crippen LogP contribution in [0.2, 0.25) is 0 Å². The molecule has 1 N–H and O–H groups in total. The van der Waals surface area contributed by atoms with E-state index in [1.165, 1.54) is 18.9 Å². The van der Waals surface area contributed by atoms with Gasteiger partial charge in [0.25, 0.3) is 0 Å². The summed E-state index contributed by atoms with van der Waals surface area (Å²) in [4.78, 5) is 2.55. The average molecular weight is 306 g/mol. The van der Waals surface area contributed by atoms with Crippen LogP contribution in [0.5, 0.6) is 5.75 Å². The molecular formula is C18H27FN2O. The lowest BCUT2D eigenvalue weighted by Gasteiger charge is -2.42. The van der Waals surface area contributed by atoms with Crippen molar-refractivity contribution in [2.24, 2.45) is 0 Å². The Morgan fingerprint density at radius 1 is 1.18 bits per heavy atom. The molecule has 3 nitrogen and oxygen atoms in total. The first-order valence-electron chi connectivity index (χ1n) is 8.34. The smallest absolute Gasteiger partial charge is 0.123 e. The van der Waals surface area contributed by atoms with E-state index in [0.717, 1.165) is 30.8 Å². The molecule has 2 aliphatic heterocycles. The number of nitrogens with zero attached hydrogens (tertiary/aromatic N) is 1. The number of hydrogen-bond acceptors (Lipinski definition) is 3. The monoisotopic (exact) mass is 306 g/mol. The predicted molar refractivity (Wildman–Crippen MR) is 86.9 cm³/mol. The maximum absolute atomic E-state index is 13.4. The van der Waals surface area contributed by atoms with Gasteiger partial charge in [0.2, 0.25) is 0 Å². The Kier molecular flexibility index (Phi) is 4.42. The molecule has 4 heteroatoms. The van der Waals surface area contributed by atoms with Gasteiger partial charge in [0, 0.05) is 30.7 Å². The summed E-state index contributed by atoms with van der Waals surface area (Å²) in [6.07, 6.45) is 3.19. The van der Waals surface area contributed by atoms with Crippen LogP contribution in [0.1, 0.15) is 39.2 Å². The zero-order valence-electron chi connectivity index (χ0n) is 13.9. The molecule has 122 valence electrons. The normalized spacial score (nSPS) is 23.9. The molecule has 1 fully saturated rings. The molecule has 0 aliphatic carbocycles. The van der Waals surface area contributed by atoms with E-state index in [4.69, 9.17) is 4.74 Å². The van der Waals surface area contributed by atoms with Crippen molar-refractivity contribution in [3.63, 3.8) is 0 Å². The molecule has 1 aromatic rings. The number of piperidine rings is 1. The van der Waals surface area contributed by atoms with Gasteiger partial charge in [0.15, 0.2) is 0 Å². The van der Waals surface area contributed by atoms with Gasteiger partial charge in [-0.3, -0.25) is 4.90 Å². The van der Waals surface area contributed by atoms with Gasteiger partial charge in [-0.15, -0.1) is 0 Å². The molecular weight excluding hydrogens is 279 g/mol. The summed E-state index contributed by atoms with van der Waals surface area (Å²) in [7, 11) is 0. The first-order valence-corrected chi connectivity index (χ1v) is 8.34. The summed E-state index contributed by atoms with van der Waals surface area (Å²) >= 11 is 0. The van der Waals surface area contributed by atoms with E-state index < -0.39 is 0 Å². The third-order valence-corrected chi connectivity index (χ3v) is 4.84. The van der Waals surface area contributed by atoms with Gasteiger partial charge in [-0.05, 0) is 63.8 Å². The maximum Gasteiger partial charge on any atom is 0.123 e. The number of fused-ring (bicyclic) bond motifs is 1. The predicted octanol–water partition coefficient (Wildman–Crippen LogP) is 2.98. The summed E-state index contributed by atoms with van der Waals surface area (Å²) in [5.74, 6) is 0.656. The Balaban J connectivity index is 1.53. The molecule has 22 heavy (non-hydrogen) atoms. The lowest BCUT2D eigenvalue weighted by molar-refractivity contribution is 0.0902. The molecule has 2 aliphatic rings. The van der Waals surface area contributed by atoms with Gasteiger partial charge in [0.1, 0.15) is 18.2 Å². The number of nitrogens with one attached hydrogen (secondary N) is 1. The fourth-order valence-electron chi connectivity index (χ4n) is 3.52.